The summed E-state index contributed by atoms with van der Waals surface area (Å²) in [5, 5.41) is 26.1. The van der Waals surface area contributed by atoms with Crippen LogP contribution in [0.3, 0.4) is 0 Å². The van der Waals surface area contributed by atoms with E-state index in [4.69, 9.17) is 5.26 Å². The Hall–Kier alpha value is -3.40. The van der Waals surface area contributed by atoms with Crippen LogP contribution in [0.2, 0.25) is 0 Å². The fraction of sp³-hybridized carbons (Fsp3) is 0.222. The van der Waals surface area contributed by atoms with E-state index in [1.54, 1.807) is 12.1 Å². The minimum Gasteiger partial charge on any atom is -0.373 e. The van der Waals surface area contributed by atoms with Crippen molar-refractivity contribution < 1.29 is 9.72 Å². The maximum absolute atomic E-state index is 11.4. The van der Waals surface area contributed by atoms with E-state index >= 15 is 0 Å². The first-order valence-electron chi connectivity index (χ1n) is 7.85. The fourth-order valence-electron chi connectivity index (χ4n) is 2.86. The van der Waals surface area contributed by atoms with Crippen molar-refractivity contribution in [2.24, 2.45) is 0 Å². The van der Waals surface area contributed by atoms with Gasteiger partial charge in [-0.05, 0) is 42.7 Å². The molecule has 0 spiro atoms. The number of hydrogen-bond donors (Lipinski definition) is 2. The van der Waals surface area contributed by atoms with E-state index < -0.39 is 4.92 Å². The Labute approximate surface area is 144 Å². The van der Waals surface area contributed by atoms with Crippen molar-refractivity contribution in [1.82, 2.24) is 0 Å². The van der Waals surface area contributed by atoms with Crippen LogP contribution in [0.25, 0.3) is 0 Å². The van der Waals surface area contributed by atoms with E-state index in [1.165, 1.54) is 6.07 Å². The van der Waals surface area contributed by atoms with Crippen molar-refractivity contribution >= 4 is 23.0 Å². The van der Waals surface area contributed by atoms with Gasteiger partial charge in [-0.25, -0.2) is 0 Å². The average Bonchev–Trinajstić information content (AvgIpc) is 2.61. The Morgan fingerprint density at radius 2 is 2.08 bits per heavy atom. The third-order valence-corrected chi connectivity index (χ3v) is 4.22. The summed E-state index contributed by atoms with van der Waals surface area (Å²) < 4.78 is 0. The van der Waals surface area contributed by atoms with Crippen molar-refractivity contribution in [3.05, 3.63) is 63.2 Å². The molecular weight excluding hydrogens is 320 g/mol. The van der Waals surface area contributed by atoms with Gasteiger partial charge in [-0.2, -0.15) is 5.26 Å². The molecule has 0 saturated carbocycles. The number of nitro benzene ring substituents is 1. The molecule has 2 aromatic carbocycles. The zero-order chi connectivity index (χ0) is 18.0. The highest BCUT2D eigenvalue weighted by Crippen LogP contribution is 2.31. The van der Waals surface area contributed by atoms with Crippen LogP contribution in [0.15, 0.2) is 36.4 Å². The lowest BCUT2D eigenvalue weighted by molar-refractivity contribution is -0.384. The van der Waals surface area contributed by atoms with Gasteiger partial charge in [0, 0.05) is 24.2 Å². The summed E-state index contributed by atoms with van der Waals surface area (Å²) >= 11 is 0. The molecule has 2 N–H and O–H groups in total. The smallest absolute Gasteiger partial charge is 0.293 e. The lowest BCUT2D eigenvalue weighted by Gasteiger charge is -2.21. The Morgan fingerprint density at radius 3 is 2.80 bits per heavy atom. The summed E-state index contributed by atoms with van der Waals surface area (Å²) in [7, 11) is 0. The van der Waals surface area contributed by atoms with Gasteiger partial charge < -0.3 is 10.6 Å². The van der Waals surface area contributed by atoms with Crippen molar-refractivity contribution in [2.75, 3.05) is 10.6 Å². The largest absolute Gasteiger partial charge is 0.373 e. The minimum atomic E-state index is -0.502. The number of carbonyl (C=O) groups excluding carboxylic acids is 1. The molecule has 0 bridgehead atoms. The van der Waals surface area contributed by atoms with Crippen LogP contribution in [0.5, 0.6) is 0 Å². The minimum absolute atomic E-state index is 0.0135. The number of carbonyl (C=O) groups is 1. The van der Waals surface area contributed by atoms with Crippen LogP contribution in [-0.2, 0) is 11.2 Å². The van der Waals surface area contributed by atoms with Crippen LogP contribution >= 0.6 is 0 Å². The summed E-state index contributed by atoms with van der Waals surface area (Å²) in [6.07, 6.45) is 1.14. The Kier molecular flexibility index (Phi) is 4.35. The highest BCUT2D eigenvalue weighted by molar-refractivity contribution is 5.93. The van der Waals surface area contributed by atoms with Crippen LogP contribution in [0, 0.1) is 21.4 Å². The number of nitro groups is 1. The second kappa shape index (κ2) is 6.61. The van der Waals surface area contributed by atoms with Gasteiger partial charge in [0.25, 0.3) is 5.69 Å². The zero-order valence-corrected chi connectivity index (χ0v) is 13.6. The SMILES string of the molecule is C[C@@H](Nc1ccc(C#N)cc1[N+](=O)[O-])c1ccc2c(c1)CCC(=O)N2. The fourth-order valence-corrected chi connectivity index (χ4v) is 2.86. The van der Waals surface area contributed by atoms with Gasteiger partial charge in [-0.3, -0.25) is 14.9 Å². The number of nitrogens with zero attached hydrogens (tertiary/aromatic N) is 2. The first-order valence-corrected chi connectivity index (χ1v) is 7.85. The molecule has 0 unspecified atom stereocenters. The van der Waals surface area contributed by atoms with E-state index in [2.05, 4.69) is 10.6 Å². The van der Waals surface area contributed by atoms with Gasteiger partial charge in [0.15, 0.2) is 0 Å². The number of rotatable bonds is 4. The van der Waals surface area contributed by atoms with Gasteiger partial charge >= 0.3 is 0 Å². The molecule has 2 aromatic rings. The summed E-state index contributed by atoms with van der Waals surface area (Å²) in [6, 6.07) is 11.8. The molecule has 1 heterocycles. The van der Waals surface area contributed by atoms with Crippen LogP contribution < -0.4 is 10.6 Å². The molecule has 1 amide bonds. The van der Waals surface area contributed by atoms with Crippen LogP contribution in [-0.4, -0.2) is 10.8 Å². The maximum atomic E-state index is 11.4. The topological polar surface area (TPSA) is 108 Å². The second-order valence-corrected chi connectivity index (χ2v) is 5.93. The van der Waals surface area contributed by atoms with E-state index in [9.17, 15) is 14.9 Å². The molecule has 1 aliphatic rings. The third-order valence-electron chi connectivity index (χ3n) is 4.22. The molecule has 25 heavy (non-hydrogen) atoms. The van der Waals surface area contributed by atoms with E-state index in [0.29, 0.717) is 18.5 Å². The van der Waals surface area contributed by atoms with Gasteiger partial charge in [-0.1, -0.05) is 12.1 Å². The van der Waals surface area contributed by atoms with Gasteiger partial charge in [-0.15, -0.1) is 0 Å². The molecule has 0 radical (unpaired) electrons. The molecule has 0 aliphatic carbocycles. The Morgan fingerprint density at radius 1 is 1.28 bits per heavy atom. The number of fused-ring (bicyclic) bond motifs is 1. The summed E-state index contributed by atoms with van der Waals surface area (Å²) in [5.41, 5.74) is 3.32. The van der Waals surface area contributed by atoms with E-state index in [-0.39, 0.29) is 23.2 Å². The lowest BCUT2D eigenvalue weighted by Crippen LogP contribution is -2.19. The molecule has 1 aliphatic heterocycles. The summed E-state index contributed by atoms with van der Waals surface area (Å²) in [6.45, 7) is 1.91. The predicted octanol–water partition coefficient (Wildman–Crippen LogP) is 3.52. The summed E-state index contributed by atoms with van der Waals surface area (Å²) in [4.78, 5) is 22.2. The molecule has 1 atom stereocenters. The Bertz CT molecular complexity index is 902. The van der Waals surface area contributed by atoms with E-state index in [1.807, 2.05) is 31.2 Å². The normalized spacial score (nSPS) is 14.0. The third kappa shape index (κ3) is 3.43. The zero-order valence-electron chi connectivity index (χ0n) is 13.6. The number of hydrogen-bond acceptors (Lipinski definition) is 5. The monoisotopic (exact) mass is 336 g/mol. The first kappa shape index (κ1) is 16.5. The molecular formula is C18H16N4O3. The first-order chi connectivity index (χ1) is 12.0. The number of amides is 1. The molecule has 3 rings (SSSR count). The molecule has 126 valence electrons. The van der Waals surface area contributed by atoms with Gasteiger partial charge in [0.2, 0.25) is 5.91 Å². The van der Waals surface area contributed by atoms with E-state index in [0.717, 1.165) is 16.8 Å². The number of anilines is 2. The van der Waals surface area contributed by atoms with Gasteiger partial charge in [0.05, 0.1) is 16.6 Å². The van der Waals surface area contributed by atoms with Crippen molar-refractivity contribution in [2.45, 2.75) is 25.8 Å². The molecule has 7 nitrogen and oxygen atoms in total. The van der Waals surface area contributed by atoms with Crippen molar-refractivity contribution in [3.63, 3.8) is 0 Å². The average molecular weight is 336 g/mol. The molecule has 0 fully saturated rings. The number of benzene rings is 2. The predicted molar refractivity (Wildman–Crippen MR) is 93.2 cm³/mol. The molecule has 0 saturated heterocycles. The van der Waals surface area contributed by atoms with Gasteiger partial charge in [0.1, 0.15) is 5.69 Å². The van der Waals surface area contributed by atoms with Crippen LogP contribution in [0.4, 0.5) is 17.1 Å². The quantitative estimate of drug-likeness (QED) is 0.656. The molecule has 0 aromatic heterocycles. The number of nitrogens with one attached hydrogen (secondary N) is 2. The maximum Gasteiger partial charge on any atom is 0.293 e. The van der Waals surface area contributed by atoms with Crippen molar-refractivity contribution in [3.8, 4) is 6.07 Å². The lowest BCUT2D eigenvalue weighted by atomic mass is 9.97. The standard InChI is InChI=1S/C18H16N4O3/c1-11(13-3-6-15-14(9-13)4-7-18(23)21-15)20-16-5-2-12(10-19)8-17(16)22(24)25/h2-3,5-6,8-9,11,20H,4,7H2,1H3,(H,21,23)/t11-/m1/s1. The highest BCUT2D eigenvalue weighted by Gasteiger charge is 2.19. The molecule has 7 heteroatoms. The second-order valence-electron chi connectivity index (χ2n) is 5.93. The number of aryl methyl sites for hydroxylation is 1. The summed E-state index contributed by atoms with van der Waals surface area (Å²) in [5.74, 6) is 0.0135. The highest BCUT2D eigenvalue weighted by atomic mass is 16.6. The van der Waals surface area contributed by atoms with Crippen LogP contribution in [0.1, 0.15) is 36.1 Å². The number of nitriles is 1. The Balaban J connectivity index is 1.86. The van der Waals surface area contributed by atoms with Crippen molar-refractivity contribution in [1.29, 1.82) is 5.26 Å².